The highest BCUT2D eigenvalue weighted by Gasteiger charge is 2.09. The Balaban J connectivity index is 2.08. The van der Waals surface area contributed by atoms with Crippen molar-refractivity contribution in [1.29, 1.82) is 0 Å². The standard InChI is InChI=1S/C16H22N2O2/c1-5-15-16(7-6-11(2)18-15)19-10-13-8-14(9-17-4)20-12(13)3/h6-8,17H,5,9-10H2,1-4H3. The van der Waals surface area contributed by atoms with Crippen LogP contribution >= 0.6 is 0 Å². The fourth-order valence-corrected chi connectivity index (χ4v) is 2.13. The maximum absolute atomic E-state index is 5.90. The Morgan fingerprint density at radius 2 is 2.10 bits per heavy atom. The first-order valence-corrected chi connectivity index (χ1v) is 6.96. The molecule has 0 bridgehead atoms. The lowest BCUT2D eigenvalue weighted by atomic mass is 10.2. The molecule has 0 aliphatic carbocycles. The van der Waals surface area contributed by atoms with Crippen LogP contribution in [0.15, 0.2) is 22.6 Å². The lowest BCUT2D eigenvalue weighted by Crippen LogP contribution is -2.03. The fraction of sp³-hybridized carbons (Fsp3) is 0.438. The van der Waals surface area contributed by atoms with E-state index in [-0.39, 0.29) is 0 Å². The molecule has 0 amide bonds. The molecule has 1 N–H and O–H groups in total. The number of aryl methyl sites for hydroxylation is 3. The Hall–Kier alpha value is -1.81. The highest BCUT2D eigenvalue weighted by molar-refractivity contribution is 5.30. The van der Waals surface area contributed by atoms with Crippen molar-refractivity contribution in [2.75, 3.05) is 7.05 Å². The lowest BCUT2D eigenvalue weighted by molar-refractivity contribution is 0.298. The summed E-state index contributed by atoms with van der Waals surface area (Å²) in [6.07, 6.45) is 0.867. The molecule has 2 aromatic rings. The van der Waals surface area contributed by atoms with Gasteiger partial charge in [-0.2, -0.15) is 0 Å². The van der Waals surface area contributed by atoms with Gasteiger partial charge in [0.15, 0.2) is 0 Å². The van der Waals surface area contributed by atoms with Gasteiger partial charge in [-0.25, -0.2) is 0 Å². The van der Waals surface area contributed by atoms with E-state index in [4.69, 9.17) is 9.15 Å². The largest absolute Gasteiger partial charge is 0.487 e. The Kier molecular flexibility index (Phi) is 4.79. The second kappa shape index (κ2) is 6.57. The van der Waals surface area contributed by atoms with Gasteiger partial charge >= 0.3 is 0 Å². The van der Waals surface area contributed by atoms with Crippen molar-refractivity contribution in [3.05, 3.63) is 46.7 Å². The molecule has 2 heterocycles. The van der Waals surface area contributed by atoms with Gasteiger partial charge in [0.2, 0.25) is 0 Å². The molecule has 2 rings (SSSR count). The molecule has 0 atom stereocenters. The minimum Gasteiger partial charge on any atom is -0.487 e. The second-order valence-corrected chi connectivity index (χ2v) is 4.86. The van der Waals surface area contributed by atoms with E-state index < -0.39 is 0 Å². The Bertz CT molecular complexity index is 576. The van der Waals surface area contributed by atoms with Gasteiger partial charge in [0.25, 0.3) is 0 Å². The number of rotatable bonds is 6. The van der Waals surface area contributed by atoms with Crippen molar-refractivity contribution >= 4 is 0 Å². The number of hydrogen-bond donors (Lipinski definition) is 1. The number of furan rings is 1. The molecule has 2 aromatic heterocycles. The molecule has 20 heavy (non-hydrogen) atoms. The summed E-state index contributed by atoms with van der Waals surface area (Å²) in [5.74, 6) is 2.70. The number of nitrogens with one attached hydrogen (secondary N) is 1. The molecule has 0 radical (unpaired) electrons. The summed E-state index contributed by atoms with van der Waals surface area (Å²) in [4.78, 5) is 4.50. The molecule has 0 aromatic carbocycles. The molecule has 0 saturated heterocycles. The molecule has 0 unspecified atom stereocenters. The van der Waals surface area contributed by atoms with Crippen LogP contribution in [0.3, 0.4) is 0 Å². The average Bonchev–Trinajstić information content (AvgIpc) is 2.78. The van der Waals surface area contributed by atoms with Crippen molar-refractivity contribution in [2.45, 2.75) is 40.3 Å². The third-order valence-corrected chi connectivity index (χ3v) is 3.21. The van der Waals surface area contributed by atoms with Gasteiger partial charge < -0.3 is 14.5 Å². The fourth-order valence-electron chi connectivity index (χ4n) is 2.13. The molecule has 4 heteroatoms. The monoisotopic (exact) mass is 274 g/mol. The molecule has 0 saturated carbocycles. The van der Waals surface area contributed by atoms with Crippen LogP contribution in [-0.4, -0.2) is 12.0 Å². The predicted molar refractivity (Wildman–Crippen MR) is 78.9 cm³/mol. The molecular formula is C16H22N2O2. The average molecular weight is 274 g/mol. The van der Waals surface area contributed by atoms with Gasteiger partial charge in [-0.1, -0.05) is 6.92 Å². The van der Waals surface area contributed by atoms with Gasteiger partial charge in [0.1, 0.15) is 23.9 Å². The van der Waals surface area contributed by atoms with Crippen molar-refractivity contribution < 1.29 is 9.15 Å². The molecule has 4 nitrogen and oxygen atoms in total. The number of aromatic nitrogens is 1. The number of pyridine rings is 1. The van der Waals surface area contributed by atoms with Crippen molar-refractivity contribution in [3.63, 3.8) is 0 Å². The SMILES string of the molecule is CCc1nc(C)ccc1OCc1cc(CNC)oc1C. The summed E-state index contributed by atoms with van der Waals surface area (Å²) in [5, 5.41) is 3.08. The zero-order valence-electron chi connectivity index (χ0n) is 12.6. The van der Waals surface area contributed by atoms with Gasteiger partial charge in [-0.05, 0) is 45.5 Å². The highest BCUT2D eigenvalue weighted by atomic mass is 16.5. The van der Waals surface area contributed by atoms with Gasteiger partial charge in [0.05, 0.1) is 12.2 Å². The van der Waals surface area contributed by atoms with Crippen molar-refractivity contribution in [1.82, 2.24) is 10.3 Å². The Morgan fingerprint density at radius 3 is 2.80 bits per heavy atom. The van der Waals surface area contributed by atoms with E-state index in [0.717, 1.165) is 47.2 Å². The van der Waals surface area contributed by atoms with Crippen LogP contribution < -0.4 is 10.1 Å². The maximum atomic E-state index is 5.90. The molecule has 0 spiro atoms. The van der Waals surface area contributed by atoms with Crippen LogP contribution in [0.5, 0.6) is 5.75 Å². The van der Waals surface area contributed by atoms with E-state index in [0.29, 0.717) is 6.61 Å². The number of nitrogens with zero attached hydrogens (tertiary/aromatic N) is 1. The summed E-state index contributed by atoms with van der Waals surface area (Å²) in [7, 11) is 1.90. The Labute approximate surface area is 120 Å². The summed E-state index contributed by atoms with van der Waals surface area (Å²) < 4.78 is 11.6. The van der Waals surface area contributed by atoms with E-state index in [1.54, 1.807) is 0 Å². The van der Waals surface area contributed by atoms with Crippen molar-refractivity contribution in [3.8, 4) is 5.75 Å². The third-order valence-electron chi connectivity index (χ3n) is 3.21. The molecule has 0 fully saturated rings. The zero-order chi connectivity index (χ0) is 14.5. The molecule has 0 aliphatic rings. The van der Waals surface area contributed by atoms with E-state index in [9.17, 15) is 0 Å². The minimum atomic E-state index is 0.511. The number of ether oxygens (including phenoxy) is 1. The smallest absolute Gasteiger partial charge is 0.141 e. The van der Waals surface area contributed by atoms with Crippen LogP contribution in [0.2, 0.25) is 0 Å². The summed E-state index contributed by atoms with van der Waals surface area (Å²) in [6.45, 7) is 7.28. The van der Waals surface area contributed by atoms with Crippen LogP contribution in [0.4, 0.5) is 0 Å². The quantitative estimate of drug-likeness (QED) is 0.879. The second-order valence-electron chi connectivity index (χ2n) is 4.86. The van der Waals surface area contributed by atoms with E-state index in [1.807, 2.05) is 39.1 Å². The molecule has 108 valence electrons. The Morgan fingerprint density at radius 1 is 1.30 bits per heavy atom. The summed E-state index contributed by atoms with van der Waals surface area (Å²) >= 11 is 0. The minimum absolute atomic E-state index is 0.511. The lowest BCUT2D eigenvalue weighted by Gasteiger charge is -2.09. The van der Waals surface area contributed by atoms with Gasteiger partial charge in [0, 0.05) is 11.3 Å². The normalized spacial score (nSPS) is 10.8. The third kappa shape index (κ3) is 3.39. The van der Waals surface area contributed by atoms with Gasteiger partial charge in [-0.3, -0.25) is 4.98 Å². The first-order valence-electron chi connectivity index (χ1n) is 6.96. The predicted octanol–water partition coefficient (Wildman–Crippen LogP) is 3.15. The van der Waals surface area contributed by atoms with Crippen LogP contribution in [0.25, 0.3) is 0 Å². The van der Waals surface area contributed by atoms with Gasteiger partial charge in [-0.15, -0.1) is 0 Å². The van der Waals surface area contributed by atoms with Crippen LogP contribution in [0, 0.1) is 13.8 Å². The van der Waals surface area contributed by atoms with E-state index in [2.05, 4.69) is 17.2 Å². The maximum Gasteiger partial charge on any atom is 0.141 e. The summed E-state index contributed by atoms with van der Waals surface area (Å²) in [6, 6.07) is 6.01. The van der Waals surface area contributed by atoms with Crippen molar-refractivity contribution in [2.24, 2.45) is 0 Å². The molecule has 0 aliphatic heterocycles. The molecular weight excluding hydrogens is 252 g/mol. The topological polar surface area (TPSA) is 47.3 Å². The first kappa shape index (κ1) is 14.6. The van der Waals surface area contributed by atoms with E-state index >= 15 is 0 Å². The number of hydrogen-bond acceptors (Lipinski definition) is 4. The van der Waals surface area contributed by atoms with Crippen LogP contribution in [0.1, 0.15) is 35.4 Å². The highest BCUT2D eigenvalue weighted by Crippen LogP contribution is 2.21. The van der Waals surface area contributed by atoms with Crippen LogP contribution in [-0.2, 0) is 19.6 Å². The van der Waals surface area contributed by atoms with E-state index in [1.165, 1.54) is 0 Å². The first-order chi connectivity index (χ1) is 9.63. The zero-order valence-corrected chi connectivity index (χ0v) is 12.6. The summed E-state index contributed by atoms with van der Waals surface area (Å²) in [5.41, 5.74) is 3.10.